The summed E-state index contributed by atoms with van der Waals surface area (Å²) >= 11 is 11.9. The van der Waals surface area contributed by atoms with Crippen molar-refractivity contribution in [2.45, 2.75) is 6.92 Å². The van der Waals surface area contributed by atoms with Crippen LogP contribution in [0.4, 0.5) is 5.69 Å². The molecular weight excluding hydrogens is 293 g/mol. The van der Waals surface area contributed by atoms with E-state index in [0.717, 1.165) is 11.3 Å². The van der Waals surface area contributed by atoms with Crippen LogP contribution in [0.5, 0.6) is 0 Å². The number of anilines is 1. The molecule has 0 saturated heterocycles. The van der Waals surface area contributed by atoms with Crippen molar-refractivity contribution in [1.29, 1.82) is 5.26 Å². The van der Waals surface area contributed by atoms with Gasteiger partial charge in [0.15, 0.2) is 0 Å². The van der Waals surface area contributed by atoms with Crippen LogP contribution in [0.15, 0.2) is 47.6 Å². The summed E-state index contributed by atoms with van der Waals surface area (Å²) < 4.78 is 0. The lowest BCUT2D eigenvalue weighted by Gasteiger charge is -2.06. The zero-order valence-corrected chi connectivity index (χ0v) is 12.2. The Morgan fingerprint density at radius 2 is 1.85 bits per heavy atom. The van der Waals surface area contributed by atoms with Gasteiger partial charge in [-0.15, -0.1) is 0 Å². The van der Waals surface area contributed by atoms with Gasteiger partial charge in [-0.25, -0.2) is 0 Å². The Kier molecular flexibility index (Phi) is 4.62. The van der Waals surface area contributed by atoms with E-state index < -0.39 is 0 Å². The summed E-state index contributed by atoms with van der Waals surface area (Å²) in [4.78, 5) is 0. The van der Waals surface area contributed by atoms with Crippen LogP contribution < -0.4 is 5.43 Å². The summed E-state index contributed by atoms with van der Waals surface area (Å²) in [6, 6.07) is 14.4. The molecule has 2 rings (SSSR count). The van der Waals surface area contributed by atoms with Gasteiger partial charge in [0.05, 0.1) is 28.1 Å². The minimum atomic E-state index is 0.547. The Morgan fingerprint density at radius 3 is 2.50 bits per heavy atom. The molecule has 0 spiro atoms. The van der Waals surface area contributed by atoms with Crippen LogP contribution >= 0.6 is 23.2 Å². The highest BCUT2D eigenvalue weighted by molar-refractivity contribution is 6.35. The first-order chi connectivity index (χ1) is 9.60. The fourth-order valence-corrected chi connectivity index (χ4v) is 1.91. The fraction of sp³-hybridized carbons (Fsp3) is 0.0667. The standard InChI is InChI=1S/C15H11Cl2N3/c1-10(12-4-2-11(9-18)3-5-12)19-20-15-8-13(16)6-7-14(15)17/h2-8,20H,1H3/b19-10-. The van der Waals surface area contributed by atoms with E-state index in [1.807, 2.05) is 19.1 Å². The molecule has 2 aromatic rings. The summed E-state index contributed by atoms with van der Waals surface area (Å²) in [6.07, 6.45) is 0. The number of nitrogens with zero attached hydrogens (tertiary/aromatic N) is 2. The molecule has 20 heavy (non-hydrogen) atoms. The average molecular weight is 304 g/mol. The molecular formula is C15H11Cl2N3. The minimum Gasteiger partial charge on any atom is -0.277 e. The van der Waals surface area contributed by atoms with Crippen molar-refractivity contribution in [3.05, 3.63) is 63.6 Å². The highest BCUT2D eigenvalue weighted by Crippen LogP contribution is 2.25. The predicted molar refractivity (Wildman–Crippen MR) is 83.5 cm³/mol. The topological polar surface area (TPSA) is 48.2 Å². The van der Waals surface area contributed by atoms with Gasteiger partial charge >= 0.3 is 0 Å². The predicted octanol–water partition coefficient (Wildman–Crippen LogP) is 4.70. The molecule has 0 aliphatic carbocycles. The third-order valence-corrected chi connectivity index (χ3v) is 3.27. The molecule has 0 aliphatic heterocycles. The largest absolute Gasteiger partial charge is 0.277 e. The molecule has 3 nitrogen and oxygen atoms in total. The zero-order chi connectivity index (χ0) is 14.5. The van der Waals surface area contributed by atoms with Crippen LogP contribution in [0.2, 0.25) is 10.0 Å². The minimum absolute atomic E-state index is 0.547. The molecule has 0 aromatic heterocycles. The van der Waals surface area contributed by atoms with Gasteiger partial charge in [-0.05, 0) is 42.8 Å². The van der Waals surface area contributed by atoms with Gasteiger partial charge in [-0.1, -0.05) is 35.3 Å². The maximum Gasteiger partial charge on any atom is 0.0991 e. The molecule has 0 unspecified atom stereocenters. The second-order valence-corrected chi connectivity index (χ2v) is 4.97. The second-order valence-electron chi connectivity index (χ2n) is 4.12. The first-order valence-corrected chi connectivity index (χ1v) is 6.61. The third-order valence-electron chi connectivity index (χ3n) is 2.70. The summed E-state index contributed by atoms with van der Waals surface area (Å²) in [5, 5.41) is 14.2. The molecule has 100 valence electrons. The fourth-order valence-electron chi connectivity index (χ4n) is 1.58. The Bertz CT molecular complexity index is 685. The number of benzene rings is 2. The Hall–Kier alpha value is -2.02. The van der Waals surface area contributed by atoms with E-state index in [2.05, 4.69) is 16.6 Å². The van der Waals surface area contributed by atoms with Crippen LogP contribution in [0.3, 0.4) is 0 Å². The van der Waals surface area contributed by atoms with Crippen LogP contribution in [0.25, 0.3) is 0 Å². The van der Waals surface area contributed by atoms with E-state index in [9.17, 15) is 0 Å². The number of hydrazone groups is 1. The van der Waals surface area contributed by atoms with Crippen LogP contribution in [0, 0.1) is 11.3 Å². The summed E-state index contributed by atoms with van der Waals surface area (Å²) in [7, 11) is 0. The summed E-state index contributed by atoms with van der Waals surface area (Å²) in [6.45, 7) is 1.87. The van der Waals surface area contributed by atoms with Gasteiger partial charge in [0.1, 0.15) is 0 Å². The summed E-state index contributed by atoms with van der Waals surface area (Å²) in [5.41, 5.74) is 5.86. The molecule has 0 heterocycles. The van der Waals surface area contributed by atoms with Gasteiger partial charge in [-0.2, -0.15) is 10.4 Å². The maximum atomic E-state index is 8.76. The third kappa shape index (κ3) is 3.51. The molecule has 0 aliphatic rings. The van der Waals surface area contributed by atoms with Crippen molar-refractivity contribution in [3.8, 4) is 6.07 Å². The van der Waals surface area contributed by atoms with Gasteiger partial charge in [0.2, 0.25) is 0 Å². The van der Waals surface area contributed by atoms with Crippen molar-refractivity contribution < 1.29 is 0 Å². The van der Waals surface area contributed by atoms with Crippen molar-refractivity contribution in [2.75, 3.05) is 5.43 Å². The SMILES string of the molecule is C/C(=N/Nc1cc(Cl)ccc1Cl)c1ccc(C#N)cc1. The smallest absolute Gasteiger partial charge is 0.0991 e. The van der Waals surface area contributed by atoms with Gasteiger partial charge in [0.25, 0.3) is 0 Å². The maximum absolute atomic E-state index is 8.76. The monoisotopic (exact) mass is 303 g/mol. The lowest BCUT2D eigenvalue weighted by atomic mass is 10.1. The molecule has 2 aromatic carbocycles. The zero-order valence-electron chi connectivity index (χ0n) is 10.7. The highest BCUT2D eigenvalue weighted by Gasteiger charge is 2.01. The molecule has 0 bridgehead atoms. The van der Waals surface area contributed by atoms with Gasteiger partial charge < -0.3 is 0 Å². The quantitative estimate of drug-likeness (QED) is 0.660. The second kappa shape index (κ2) is 6.42. The Labute approximate surface area is 127 Å². The molecule has 0 atom stereocenters. The number of halogens is 2. The van der Waals surface area contributed by atoms with Crippen LogP contribution in [-0.2, 0) is 0 Å². The van der Waals surface area contributed by atoms with Crippen molar-refractivity contribution in [2.24, 2.45) is 5.10 Å². The average Bonchev–Trinajstić information content (AvgIpc) is 2.48. The summed E-state index contributed by atoms with van der Waals surface area (Å²) in [5.74, 6) is 0. The Balaban J connectivity index is 2.18. The first kappa shape index (κ1) is 14.4. The van der Waals surface area contributed by atoms with Crippen LogP contribution in [0.1, 0.15) is 18.1 Å². The van der Waals surface area contributed by atoms with Crippen LogP contribution in [-0.4, -0.2) is 5.71 Å². The van der Waals surface area contributed by atoms with E-state index in [-0.39, 0.29) is 0 Å². The van der Waals surface area contributed by atoms with Crippen molar-refractivity contribution >= 4 is 34.6 Å². The number of nitrogens with one attached hydrogen (secondary N) is 1. The number of hydrogen-bond donors (Lipinski definition) is 1. The molecule has 5 heteroatoms. The molecule has 1 N–H and O–H groups in total. The van der Waals surface area contributed by atoms with Gasteiger partial charge in [0, 0.05) is 5.02 Å². The Morgan fingerprint density at radius 1 is 1.15 bits per heavy atom. The van der Waals surface area contributed by atoms with E-state index >= 15 is 0 Å². The number of hydrogen-bond acceptors (Lipinski definition) is 3. The lowest BCUT2D eigenvalue weighted by molar-refractivity contribution is 1.32. The van der Waals surface area contributed by atoms with E-state index in [1.165, 1.54) is 0 Å². The van der Waals surface area contributed by atoms with Gasteiger partial charge in [-0.3, -0.25) is 5.43 Å². The van der Waals surface area contributed by atoms with Crippen molar-refractivity contribution in [1.82, 2.24) is 0 Å². The van der Waals surface area contributed by atoms with E-state index in [0.29, 0.717) is 21.3 Å². The lowest BCUT2D eigenvalue weighted by Crippen LogP contribution is -2.00. The normalized spacial score (nSPS) is 11.0. The van der Waals surface area contributed by atoms with Crippen molar-refractivity contribution in [3.63, 3.8) is 0 Å². The van der Waals surface area contributed by atoms with E-state index in [4.69, 9.17) is 28.5 Å². The molecule has 0 radical (unpaired) electrons. The first-order valence-electron chi connectivity index (χ1n) is 5.86. The molecule has 0 amide bonds. The highest BCUT2D eigenvalue weighted by atomic mass is 35.5. The van der Waals surface area contributed by atoms with E-state index in [1.54, 1.807) is 30.3 Å². The molecule has 0 fully saturated rings. The molecule has 0 saturated carbocycles. The number of rotatable bonds is 3. The number of nitriles is 1.